The number of pyridine rings is 1. The van der Waals surface area contributed by atoms with Crippen molar-refractivity contribution in [1.82, 2.24) is 15.5 Å². The Bertz CT molecular complexity index is 1090. The van der Waals surface area contributed by atoms with E-state index in [1.807, 2.05) is 13.8 Å². The number of nitrogens with one attached hydrogen (secondary N) is 2. The molecule has 0 aliphatic rings. The number of H-pyrrole nitrogens is 1. The number of hydrogen-bond acceptors (Lipinski definition) is 6. The number of carboxylic acids is 1. The molecule has 4 N–H and O–H groups in total. The van der Waals surface area contributed by atoms with E-state index in [0.717, 1.165) is 16.8 Å². The molecular weight excluding hydrogens is 354 g/mol. The van der Waals surface area contributed by atoms with Crippen LogP contribution in [0.5, 0.6) is 5.75 Å². The van der Waals surface area contributed by atoms with Crippen LogP contribution >= 0.6 is 0 Å². The third-order valence-electron chi connectivity index (χ3n) is 4.24. The summed E-state index contributed by atoms with van der Waals surface area (Å²) < 4.78 is 5.14. The number of rotatable bonds is 5. The second-order valence-corrected chi connectivity index (χ2v) is 6.11. The van der Waals surface area contributed by atoms with Crippen molar-refractivity contribution in [2.24, 2.45) is 0 Å². The quantitative estimate of drug-likeness (QED) is 0.528. The van der Waals surface area contributed by atoms with E-state index in [4.69, 9.17) is 9.63 Å². The molecule has 0 unspecified atom stereocenters. The molecule has 140 valence electrons. The minimum atomic E-state index is -1.26. The fourth-order valence-electron chi connectivity index (χ4n) is 2.85. The molecule has 0 atom stereocenters. The van der Waals surface area contributed by atoms with Gasteiger partial charge in [-0.15, -0.1) is 0 Å². The van der Waals surface area contributed by atoms with Gasteiger partial charge in [0.1, 0.15) is 23.6 Å². The predicted molar refractivity (Wildman–Crippen MR) is 95.0 cm³/mol. The van der Waals surface area contributed by atoms with Gasteiger partial charge >= 0.3 is 5.97 Å². The molecule has 0 radical (unpaired) electrons. The number of aryl methyl sites for hydroxylation is 2. The number of aromatic hydroxyl groups is 1. The highest BCUT2D eigenvalue weighted by atomic mass is 16.5. The van der Waals surface area contributed by atoms with Crippen LogP contribution < -0.4 is 10.9 Å². The number of carbonyl (C=O) groups excluding carboxylic acids is 1. The number of carboxylic acid groups (broad SMARTS) is 1. The van der Waals surface area contributed by atoms with Crippen molar-refractivity contribution < 1.29 is 24.3 Å². The first kappa shape index (κ1) is 18.2. The lowest BCUT2D eigenvalue weighted by Gasteiger charge is -2.09. The second kappa shape index (κ2) is 6.94. The fraction of sp³-hybridized carbons (Fsp3) is 0.222. The van der Waals surface area contributed by atoms with Crippen molar-refractivity contribution in [3.63, 3.8) is 0 Å². The molecule has 9 heteroatoms. The minimum Gasteiger partial charge on any atom is -0.506 e. The number of carbonyl (C=O) groups is 2. The Kier molecular flexibility index (Phi) is 4.68. The molecule has 9 nitrogen and oxygen atoms in total. The van der Waals surface area contributed by atoms with Crippen LogP contribution in [0.4, 0.5) is 0 Å². The second-order valence-electron chi connectivity index (χ2n) is 6.11. The molecule has 1 amide bonds. The van der Waals surface area contributed by atoms with Crippen molar-refractivity contribution >= 4 is 22.8 Å². The van der Waals surface area contributed by atoms with E-state index in [2.05, 4.69) is 15.5 Å². The Hall–Kier alpha value is -3.62. The van der Waals surface area contributed by atoms with Gasteiger partial charge in [0.2, 0.25) is 0 Å². The largest absolute Gasteiger partial charge is 0.506 e. The lowest BCUT2D eigenvalue weighted by atomic mass is 10.0. The lowest BCUT2D eigenvalue weighted by Crippen LogP contribution is -2.33. The molecule has 2 heterocycles. The monoisotopic (exact) mass is 371 g/mol. The first-order valence-electron chi connectivity index (χ1n) is 8.07. The molecule has 0 aliphatic carbocycles. The van der Waals surface area contributed by atoms with Crippen molar-refractivity contribution in [1.29, 1.82) is 0 Å². The molecule has 0 fully saturated rings. The zero-order valence-electron chi connectivity index (χ0n) is 14.6. The van der Waals surface area contributed by atoms with Crippen LogP contribution in [0.1, 0.15) is 32.9 Å². The molecule has 0 saturated carbocycles. The molecule has 2 aromatic heterocycles. The van der Waals surface area contributed by atoms with Crippen molar-refractivity contribution in [3.8, 4) is 5.75 Å². The van der Waals surface area contributed by atoms with E-state index in [1.165, 1.54) is 0 Å². The van der Waals surface area contributed by atoms with Gasteiger partial charge in [-0.1, -0.05) is 11.2 Å². The summed E-state index contributed by atoms with van der Waals surface area (Å²) in [5, 5.41) is 25.2. The Morgan fingerprint density at radius 3 is 2.67 bits per heavy atom. The number of fused-ring (bicyclic) bond motifs is 1. The van der Waals surface area contributed by atoms with Crippen LogP contribution in [0.15, 0.2) is 27.5 Å². The van der Waals surface area contributed by atoms with Crippen LogP contribution in [-0.4, -0.2) is 38.8 Å². The smallest absolute Gasteiger partial charge is 0.322 e. The fourth-order valence-corrected chi connectivity index (χ4v) is 2.85. The molecular formula is C18H17N3O6. The lowest BCUT2D eigenvalue weighted by molar-refractivity contribution is -0.135. The van der Waals surface area contributed by atoms with Gasteiger partial charge in [0.05, 0.1) is 11.2 Å². The third-order valence-corrected chi connectivity index (χ3v) is 4.24. The third kappa shape index (κ3) is 3.52. The van der Waals surface area contributed by atoms with E-state index in [0.29, 0.717) is 17.7 Å². The van der Waals surface area contributed by atoms with E-state index >= 15 is 0 Å². The van der Waals surface area contributed by atoms with Crippen LogP contribution in [0.3, 0.4) is 0 Å². The van der Waals surface area contributed by atoms with Gasteiger partial charge < -0.3 is 25.0 Å². The topological polar surface area (TPSA) is 146 Å². The Labute approximate surface area is 152 Å². The van der Waals surface area contributed by atoms with Crippen LogP contribution in [0.2, 0.25) is 0 Å². The summed E-state index contributed by atoms with van der Waals surface area (Å²) in [6.45, 7) is 2.99. The summed E-state index contributed by atoms with van der Waals surface area (Å²) in [5.74, 6) is -2.02. The van der Waals surface area contributed by atoms with Gasteiger partial charge in [0.25, 0.3) is 11.5 Å². The van der Waals surface area contributed by atoms with Gasteiger partial charge in [-0.2, -0.15) is 0 Å². The van der Waals surface area contributed by atoms with Crippen molar-refractivity contribution in [3.05, 3.63) is 56.7 Å². The Balaban J connectivity index is 1.99. The summed E-state index contributed by atoms with van der Waals surface area (Å²) in [7, 11) is 0. The van der Waals surface area contributed by atoms with Gasteiger partial charge in [-0.05, 0) is 31.5 Å². The molecule has 1 aromatic carbocycles. The number of aromatic amines is 1. The molecule has 0 bridgehead atoms. The van der Waals surface area contributed by atoms with E-state index in [9.17, 15) is 19.5 Å². The van der Waals surface area contributed by atoms with Crippen molar-refractivity contribution in [2.45, 2.75) is 20.3 Å². The number of aliphatic carboxylic acids is 1. The number of hydrogen-bond donors (Lipinski definition) is 4. The summed E-state index contributed by atoms with van der Waals surface area (Å²) in [6.07, 6.45) is 0.529. The normalized spacial score (nSPS) is 10.9. The maximum atomic E-state index is 12.2. The molecule has 0 saturated heterocycles. The van der Waals surface area contributed by atoms with Gasteiger partial charge in [-0.3, -0.25) is 14.4 Å². The first-order chi connectivity index (χ1) is 12.8. The summed E-state index contributed by atoms with van der Waals surface area (Å²) in [4.78, 5) is 37.4. The highest BCUT2D eigenvalue weighted by Gasteiger charge is 2.20. The molecule has 0 aliphatic heterocycles. The first-order valence-corrected chi connectivity index (χ1v) is 8.07. The SMILES string of the molecule is Cc1noc(C)c1Cc1ccc2c(O)c(C(=O)NCC(=O)O)c(=O)[nH]c2c1. The number of amides is 1. The van der Waals surface area contributed by atoms with Crippen LogP contribution in [0, 0.1) is 13.8 Å². The average molecular weight is 371 g/mol. The summed E-state index contributed by atoms with van der Waals surface area (Å²) >= 11 is 0. The Morgan fingerprint density at radius 2 is 2.04 bits per heavy atom. The van der Waals surface area contributed by atoms with Gasteiger partial charge in [0, 0.05) is 17.4 Å². The van der Waals surface area contributed by atoms with Gasteiger partial charge in [-0.25, -0.2) is 0 Å². The molecule has 3 aromatic rings. The van der Waals surface area contributed by atoms with E-state index in [-0.39, 0.29) is 5.39 Å². The maximum Gasteiger partial charge on any atom is 0.322 e. The van der Waals surface area contributed by atoms with Gasteiger partial charge in [0.15, 0.2) is 0 Å². The molecule has 27 heavy (non-hydrogen) atoms. The maximum absolute atomic E-state index is 12.2. The number of benzene rings is 1. The van der Waals surface area contributed by atoms with Crippen LogP contribution in [-0.2, 0) is 11.2 Å². The highest BCUT2D eigenvalue weighted by Crippen LogP contribution is 2.27. The summed E-state index contributed by atoms with van der Waals surface area (Å²) in [5.41, 5.74) is 1.59. The average Bonchev–Trinajstić information content (AvgIpc) is 2.91. The minimum absolute atomic E-state index is 0.276. The van der Waals surface area contributed by atoms with Crippen molar-refractivity contribution in [2.75, 3.05) is 6.54 Å². The zero-order valence-corrected chi connectivity index (χ0v) is 14.6. The zero-order chi connectivity index (χ0) is 19.7. The molecule has 0 spiro atoms. The number of nitrogens with zero attached hydrogens (tertiary/aromatic N) is 1. The Morgan fingerprint density at radius 1 is 1.30 bits per heavy atom. The standard InChI is InChI=1S/C18H17N3O6/c1-8-12(9(2)27-21-8)5-10-3-4-11-13(6-10)20-18(26)15(16(11)24)17(25)19-7-14(22)23/h3-4,6H,5,7H2,1-2H3,(H,19,25)(H,22,23)(H2,20,24,26). The van der Waals surface area contributed by atoms with E-state index < -0.39 is 35.3 Å². The summed E-state index contributed by atoms with van der Waals surface area (Å²) in [6, 6.07) is 5.04. The molecule has 3 rings (SSSR count). The highest BCUT2D eigenvalue weighted by molar-refractivity contribution is 6.02. The number of aromatic nitrogens is 2. The van der Waals surface area contributed by atoms with E-state index in [1.54, 1.807) is 18.2 Å². The van der Waals surface area contributed by atoms with Crippen LogP contribution in [0.25, 0.3) is 10.9 Å². The predicted octanol–water partition coefficient (Wildman–Crippen LogP) is 1.24.